The van der Waals surface area contributed by atoms with Gasteiger partial charge in [0.25, 0.3) is 0 Å². The van der Waals surface area contributed by atoms with Crippen LogP contribution in [0.25, 0.3) is 5.69 Å². The van der Waals surface area contributed by atoms with Gasteiger partial charge in [0, 0.05) is 10.0 Å². The molecule has 132 valence electrons. The molecule has 0 N–H and O–H groups in total. The van der Waals surface area contributed by atoms with Crippen molar-refractivity contribution >= 4 is 33.2 Å². The zero-order chi connectivity index (χ0) is 18.6. The molecule has 1 aromatic heterocycles. The molecule has 2 heterocycles. The van der Waals surface area contributed by atoms with Crippen LogP contribution in [0.15, 0.2) is 39.8 Å². The Labute approximate surface area is 161 Å². The number of hydrogen-bond donors (Lipinski definition) is 0. The largest absolute Gasteiger partial charge is 0.281 e. The van der Waals surface area contributed by atoms with Crippen molar-refractivity contribution in [3.8, 4) is 5.69 Å². The predicted molar refractivity (Wildman–Crippen MR) is 99.2 cm³/mol. The molecule has 26 heavy (non-hydrogen) atoms. The van der Waals surface area contributed by atoms with Gasteiger partial charge in [-0.3, -0.25) is 9.56 Å². The van der Waals surface area contributed by atoms with Crippen molar-refractivity contribution in [1.29, 1.82) is 0 Å². The first-order valence-corrected chi connectivity index (χ1v) is 9.00. The van der Waals surface area contributed by atoms with Gasteiger partial charge in [0.15, 0.2) is 5.82 Å². The van der Waals surface area contributed by atoms with E-state index in [-0.39, 0.29) is 11.3 Å². The minimum Gasteiger partial charge on any atom is -0.281 e. The number of hydrogen-bond acceptors (Lipinski definition) is 3. The summed E-state index contributed by atoms with van der Waals surface area (Å²) in [6.45, 7) is 3.62. The summed E-state index contributed by atoms with van der Waals surface area (Å²) in [7, 11) is 0. The summed E-state index contributed by atoms with van der Waals surface area (Å²) in [5.74, 6) is -0.149. The van der Waals surface area contributed by atoms with Gasteiger partial charge >= 0.3 is 0 Å². The zero-order valence-corrected chi connectivity index (χ0v) is 16.1. The molecule has 2 aromatic carbocycles. The first-order chi connectivity index (χ1) is 12.4. The second kappa shape index (κ2) is 6.25. The number of halogens is 4. The van der Waals surface area contributed by atoms with Crippen molar-refractivity contribution in [2.75, 3.05) is 0 Å². The van der Waals surface area contributed by atoms with Gasteiger partial charge in [0.2, 0.25) is 0 Å². The van der Waals surface area contributed by atoms with Gasteiger partial charge in [-0.1, -0.05) is 17.7 Å². The lowest BCUT2D eigenvalue weighted by Crippen LogP contribution is -2.13. The molecular weight excluding hydrogens is 426 g/mol. The van der Waals surface area contributed by atoms with E-state index in [0.29, 0.717) is 32.4 Å². The summed E-state index contributed by atoms with van der Waals surface area (Å²) in [5.41, 5.74) is 1.14. The Balaban J connectivity index is 2.14. The number of rotatable bonds is 1. The second-order valence-electron chi connectivity index (χ2n) is 5.95. The van der Waals surface area contributed by atoms with E-state index in [0.717, 1.165) is 0 Å². The van der Waals surface area contributed by atoms with Gasteiger partial charge in [-0.15, -0.1) is 10.2 Å². The third kappa shape index (κ3) is 2.49. The molecule has 0 aliphatic carbocycles. The minimum absolute atomic E-state index is 0.183. The summed E-state index contributed by atoms with van der Waals surface area (Å²) in [6.07, 6.45) is 0. The topological polar surface area (TPSA) is 43.1 Å². The standard InChI is InChI=1S/C18H12BrClF2N4/c1-8-18-25-24-9(2)26(18)13-7-6-10(20)16(19)15(13)17(23-8)14-11(21)4-3-5-12(14)22/h3-8H,1-2H3/t8-/m0/s1. The first kappa shape index (κ1) is 17.3. The second-order valence-corrected chi connectivity index (χ2v) is 7.15. The SMILES string of the molecule is Cc1nnc2n1-c1ccc(Cl)c(Br)c1C(c1c(F)cccc1F)=N[C@H]2C. The quantitative estimate of drug-likeness (QED) is 0.526. The zero-order valence-electron chi connectivity index (χ0n) is 13.8. The van der Waals surface area contributed by atoms with Crippen LogP contribution in [0.1, 0.15) is 35.7 Å². The highest BCUT2D eigenvalue weighted by Gasteiger charge is 2.30. The van der Waals surface area contributed by atoms with E-state index in [4.69, 9.17) is 11.6 Å². The van der Waals surface area contributed by atoms with E-state index in [1.807, 2.05) is 11.5 Å². The third-order valence-electron chi connectivity index (χ3n) is 4.30. The van der Waals surface area contributed by atoms with Crippen LogP contribution >= 0.6 is 27.5 Å². The van der Waals surface area contributed by atoms with E-state index in [9.17, 15) is 8.78 Å². The Hall–Kier alpha value is -2.12. The molecule has 1 aliphatic heterocycles. The Morgan fingerprint density at radius 1 is 1.08 bits per heavy atom. The van der Waals surface area contributed by atoms with Crippen LogP contribution in [-0.2, 0) is 0 Å². The molecule has 0 amide bonds. The number of aliphatic imine (C=N–C) groups is 1. The van der Waals surface area contributed by atoms with Gasteiger partial charge in [-0.25, -0.2) is 8.78 Å². The maximum atomic E-state index is 14.6. The van der Waals surface area contributed by atoms with E-state index < -0.39 is 17.7 Å². The summed E-state index contributed by atoms with van der Waals surface area (Å²) < 4.78 is 31.4. The highest BCUT2D eigenvalue weighted by molar-refractivity contribution is 9.10. The lowest BCUT2D eigenvalue weighted by Gasteiger charge is -2.16. The van der Waals surface area contributed by atoms with Crippen molar-refractivity contribution in [3.63, 3.8) is 0 Å². The molecule has 0 radical (unpaired) electrons. The van der Waals surface area contributed by atoms with Crippen LogP contribution in [-0.4, -0.2) is 20.5 Å². The van der Waals surface area contributed by atoms with Crippen molar-refractivity contribution in [2.45, 2.75) is 19.9 Å². The summed E-state index contributed by atoms with van der Waals surface area (Å²) in [4.78, 5) is 4.59. The van der Waals surface area contributed by atoms with Crippen molar-refractivity contribution in [3.05, 3.63) is 74.2 Å². The fourth-order valence-electron chi connectivity index (χ4n) is 3.13. The van der Waals surface area contributed by atoms with Gasteiger partial charge in [0.05, 0.1) is 22.0 Å². The van der Waals surface area contributed by atoms with Gasteiger partial charge < -0.3 is 0 Å². The van der Waals surface area contributed by atoms with Crippen LogP contribution in [0.2, 0.25) is 5.02 Å². The van der Waals surface area contributed by atoms with Gasteiger partial charge in [-0.05, 0) is 54.0 Å². The molecule has 0 fully saturated rings. The normalized spacial score (nSPS) is 15.9. The molecule has 0 spiro atoms. The van der Waals surface area contributed by atoms with E-state index in [2.05, 4.69) is 31.1 Å². The third-order valence-corrected chi connectivity index (χ3v) is 5.66. The Morgan fingerprint density at radius 3 is 2.46 bits per heavy atom. The predicted octanol–water partition coefficient (Wildman–Crippen LogP) is 5.18. The van der Waals surface area contributed by atoms with Crippen LogP contribution in [0.3, 0.4) is 0 Å². The summed E-state index contributed by atoms with van der Waals surface area (Å²) >= 11 is 9.74. The molecule has 3 aromatic rings. The van der Waals surface area contributed by atoms with Crippen LogP contribution in [0, 0.1) is 18.6 Å². The van der Waals surface area contributed by atoms with Crippen molar-refractivity contribution < 1.29 is 8.78 Å². The van der Waals surface area contributed by atoms with Gasteiger partial charge in [-0.2, -0.15) is 0 Å². The first-order valence-electron chi connectivity index (χ1n) is 7.83. The maximum Gasteiger partial charge on any atom is 0.162 e. The van der Waals surface area contributed by atoms with Crippen molar-refractivity contribution in [2.24, 2.45) is 4.99 Å². The molecule has 4 rings (SSSR count). The van der Waals surface area contributed by atoms with E-state index in [1.165, 1.54) is 18.2 Å². The number of benzene rings is 2. The number of aryl methyl sites for hydroxylation is 1. The smallest absolute Gasteiger partial charge is 0.162 e. The van der Waals surface area contributed by atoms with E-state index in [1.54, 1.807) is 19.1 Å². The molecular formula is C18H12BrClF2N4. The van der Waals surface area contributed by atoms with Crippen LogP contribution in [0.4, 0.5) is 8.78 Å². The number of nitrogens with zero attached hydrogens (tertiary/aromatic N) is 4. The molecule has 1 atom stereocenters. The summed E-state index contributed by atoms with van der Waals surface area (Å²) in [6, 6.07) is 6.76. The Kier molecular flexibility index (Phi) is 4.16. The highest BCUT2D eigenvalue weighted by atomic mass is 79.9. The molecule has 0 bridgehead atoms. The lowest BCUT2D eigenvalue weighted by molar-refractivity contribution is 0.578. The summed E-state index contributed by atoms with van der Waals surface area (Å²) in [5, 5.41) is 8.72. The maximum absolute atomic E-state index is 14.6. The average Bonchev–Trinajstić information content (AvgIpc) is 2.92. The van der Waals surface area contributed by atoms with Crippen molar-refractivity contribution in [1.82, 2.24) is 14.8 Å². The van der Waals surface area contributed by atoms with Crippen LogP contribution < -0.4 is 0 Å². The molecule has 1 aliphatic rings. The molecule has 0 unspecified atom stereocenters. The monoisotopic (exact) mass is 436 g/mol. The highest BCUT2D eigenvalue weighted by Crippen LogP contribution is 2.38. The molecule has 0 saturated heterocycles. The molecule has 0 saturated carbocycles. The molecule has 8 heteroatoms. The van der Waals surface area contributed by atoms with E-state index >= 15 is 0 Å². The fourth-order valence-corrected chi connectivity index (χ4v) is 3.81. The number of aromatic nitrogens is 3. The average molecular weight is 438 g/mol. The number of fused-ring (bicyclic) bond motifs is 3. The van der Waals surface area contributed by atoms with Crippen LogP contribution in [0.5, 0.6) is 0 Å². The Bertz CT molecular complexity index is 1060. The Morgan fingerprint density at radius 2 is 1.77 bits per heavy atom. The minimum atomic E-state index is -0.692. The fraction of sp³-hybridized carbons (Fsp3) is 0.167. The van der Waals surface area contributed by atoms with Gasteiger partial charge in [0.1, 0.15) is 23.5 Å². The molecule has 4 nitrogen and oxygen atoms in total. The lowest BCUT2D eigenvalue weighted by atomic mass is 9.99.